The number of nitrogens with zero attached hydrogens (tertiary/aromatic N) is 2. The lowest BCUT2D eigenvalue weighted by molar-refractivity contribution is -0.142. The number of amides is 1. The van der Waals surface area contributed by atoms with E-state index in [0.717, 1.165) is 10.9 Å². The maximum Gasteiger partial charge on any atom is 0.263 e. The summed E-state index contributed by atoms with van der Waals surface area (Å²) in [5, 5.41) is 1.00. The second-order valence-electron chi connectivity index (χ2n) is 5.06. The summed E-state index contributed by atoms with van der Waals surface area (Å²) in [5.41, 5.74) is 0.914. The number of carbonyl (C=O) groups is 1. The zero-order valence-corrected chi connectivity index (χ0v) is 12.0. The van der Waals surface area contributed by atoms with Gasteiger partial charge in [0.2, 0.25) is 0 Å². The van der Waals surface area contributed by atoms with E-state index < -0.39 is 6.10 Å². The molecular weight excluding hydrogens is 268 g/mol. The highest BCUT2D eigenvalue weighted by molar-refractivity contribution is 5.82. The largest absolute Gasteiger partial charge is 0.479 e. The molecule has 0 radical (unpaired) electrons. The number of pyridine rings is 1. The van der Waals surface area contributed by atoms with Crippen LogP contribution in [0.5, 0.6) is 5.75 Å². The van der Waals surface area contributed by atoms with Crippen molar-refractivity contribution in [1.29, 1.82) is 0 Å². The molecule has 2 aromatic rings. The average molecular weight is 286 g/mol. The van der Waals surface area contributed by atoms with Gasteiger partial charge in [0.1, 0.15) is 5.75 Å². The molecule has 2 heterocycles. The van der Waals surface area contributed by atoms with Crippen molar-refractivity contribution < 1.29 is 14.3 Å². The lowest BCUT2D eigenvalue weighted by Crippen LogP contribution is -2.46. The average Bonchev–Trinajstić information content (AvgIpc) is 2.55. The van der Waals surface area contributed by atoms with Crippen LogP contribution < -0.4 is 4.74 Å². The van der Waals surface area contributed by atoms with Gasteiger partial charge in [-0.25, -0.2) is 0 Å². The SMILES string of the molecule is CC(Oc1cnc2ccccc2c1)C(=O)N1CCOCC1. The van der Waals surface area contributed by atoms with E-state index in [2.05, 4.69) is 4.98 Å². The van der Waals surface area contributed by atoms with E-state index in [1.165, 1.54) is 0 Å². The lowest BCUT2D eigenvalue weighted by atomic mass is 10.2. The van der Waals surface area contributed by atoms with Crippen molar-refractivity contribution in [2.75, 3.05) is 26.3 Å². The number of hydrogen-bond acceptors (Lipinski definition) is 4. The molecule has 0 spiro atoms. The number of para-hydroxylation sites is 1. The number of benzene rings is 1. The van der Waals surface area contributed by atoms with Crippen LogP contribution in [0.15, 0.2) is 36.5 Å². The van der Waals surface area contributed by atoms with E-state index in [-0.39, 0.29) is 5.91 Å². The molecule has 1 aromatic heterocycles. The maximum atomic E-state index is 12.3. The van der Waals surface area contributed by atoms with Crippen LogP contribution in [0.1, 0.15) is 6.92 Å². The van der Waals surface area contributed by atoms with Crippen molar-refractivity contribution >= 4 is 16.8 Å². The van der Waals surface area contributed by atoms with Crippen molar-refractivity contribution in [2.24, 2.45) is 0 Å². The third-order valence-corrected chi connectivity index (χ3v) is 3.55. The van der Waals surface area contributed by atoms with E-state index in [9.17, 15) is 4.79 Å². The van der Waals surface area contributed by atoms with Gasteiger partial charge in [-0.2, -0.15) is 0 Å². The van der Waals surface area contributed by atoms with Gasteiger partial charge < -0.3 is 14.4 Å². The van der Waals surface area contributed by atoms with Gasteiger partial charge >= 0.3 is 0 Å². The number of ether oxygens (including phenoxy) is 2. The summed E-state index contributed by atoms with van der Waals surface area (Å²) in [6.07, 6.45) is 1.14. The van der Waals surface area contributed by atoms with Crippen LogP contribution in [0.2, 0.25) is 0 Å². The minimum atomic E-state index is -0.522. The topological polar surface area (TPSA) is 51.7 Å². The van der Waals surface area contributed by atoms with Gasteiger partial charge in [0, 0.05) is 18.5 Å². The van der Waals surface area contributed by atoms with Crippen molar-refractivity contribution in [3.8, 4) is 5.75 Å². The molecule has 5 heteroatoms. The van der Waals surface area contributed by atoms with Gasteiger partial charge in [-0.15, -0.1) is 0 Å². The molecule has 21 heavy (non-hydrogen) atoms. The van der Waals surface area contributed by atoms with Gasteiger partial charge in [-0.3, -0.25) is 9.78 Å². The fourth-order valence-electron chi connectivity index (χ4n) is 2.41. The Bertz CT molecular complexity index is 638. The molecular formula is C16H18N2O3. The molecule has 0 N–H and O–H groups in total. The van der Waals surface area contributed by atoms with Crippen molar-refractivity contribution in [2.45, 2.75) is 13.0 Å². The highest BCUT2D eigenvalue weighted by atomic mass is 16.5. The molecule has 110 valence electrons. The zero-order chi connectivity index (χ0) is 14.7. The van der Waals surface area contributed by atoms with Gasteiger partial charge in [-0.05, 0) is 19.1 Å². The molecule has 0 bridgehead atoms. The summed E-state index contributed by atoms with van der Waals surface area (Å²) >= 11 is 0. The molecule has 0 aliphatic carbocycles. The Hall–Kier alpha value is -2.14. The fourth-order valence-corrected chi connectivity index (χ4v) is 2.41. The Balaban J connectivity index is 1.70. The highest BCUT2D eigenvalue weighted by Crippen LogP contribution is 2.19. The quantitative estimate of drug-likeness (QED) is 0.864. The van der Waals surface area contributed by atoms with Crippen molar-refractivity contribution in [1.82, 2.24) is 9.88 Å². The Labute approximate surface area is 123 Å². The Morgan fingerprint density at radius 3 is 2.90 bits per heavy atom. The molecule has 0 saturated carbocycles. The molecule has 1 saturated heterocycles. The predicted molar refractivity (Wildman–Crippen MR) is 79.2 cm³/mol. The third-order valence-electron chi connectivity index (χ3n) is 3.55. The van der Waals surface area contributed by atoms with Crippen LogP contribution >= 0.6 is 0 Å². The van der Waals surface area contributed by atoms with Gasteiger partial charge in [0.15, 0.2) is 6.10 Å². The first-order valence-electron chi connectivity index (χ1n) is 7.12. The predicted octanol–water partition coefficient (Wildman–Crippen LogP) is 1.86. The minimum Gasteiger partial charge on any atom is -0.479 e. The molecule has 3 rings (SSSR count). The monoisotopic (exact) mass is 286 g/mol. The van der Waals surface area contributed by atoms with Crippen LogP contribution in [-0.4, -0.2) is 48.2 Å². The smallest absolute Gasteiger partial charge is 0.263 e. The first-order valence-corrected chi connectivity index (χ1v) is 7.12. The molecule has 1 amide bonds. The maximum absolute atomic E-state index is 12.3. The van der Waals surface area contributed by atoms with E-state index in [0.29, 0.717) is 32.1 Å². The minimum absolute atomic E-state index is 0.00791. The normalized spacial score (nSPS) is 16.7. The van der Waals surface area contributed by atoms with Crippen LogP contribution in [0.4, 0.5) is 0 Å². The molecule has 1 unspecified atom stereocenters. The standard InChI is InChI=1S/C16H18N2O3/c1-12(16(19)18-6-8-20-9-7-18)21-14-10-13-4-2-3-5-15(13)17-11-14/h2-5,10-12H,6-9H2,1H3. The number of morpholine rings is 1. The summed E-state index contributed by atoms with van der Waals surface area (Å²) in [7, 11) is 0. The number of fused-ring (bicyclic) bond motifs is 1. The van der Waals surface area contributed by atoms with E-state index in [1.807, 2.05) is 30.3 Å². The Morgan fingerprint density at radius 2 is 2.10 bits per heavy atom. The Morgan fingerprint density at radius 1 is 1.33 bits per heavy atom. The number of rotatable bonds is 3. The highest BCUT2D eigenvalue weighted by Gasteiger charge is 2.23. The molecule has 1 aromatic carbocycles. The van der Waals surface area contributed by atoms with E-state index in [1.54, 1.807) is 18.0 Å². The second kappa shape index (κ2) is 6.10. The lowest BCUT2D eigenvalue weighted by Gasteiger charge is -2.29. The summed E-state index contributed by atoms with van der Waals surface area (Å²) in [5.74, 6) is 0.606. The van der Waals surface area contributed by atoms with Crippen LogP contribution in [0.3, 0.4) is 0 Å². The Kier molecular flexibility index (Phi) is 4.01. The van der Waals surface area contributed by atoms with Gasteiger partial charge in [-0.1, -0.05) is 18.2 Å². The first-order chi connectivity index (χ1) is 10.2. The molecule has 1 fully saturated rings. The summed E-state index contributed by atoms with van der Waals surface area (Å²) in [6, 6.07) is 9.73. The number of carbonyl (C=O) groups excluding carboxylic acids is 1. The zero-order valence-electron chi connectivity index (χ0n) is 12.0. The summed E-state index contributed by atoms with van der Waals surface area (Å²) < 4.78 is 11.0. The first kappa shape index (κ1) is 13.8. The molecule has 1 aliphatic heterocycles. The van der Waals surface area contributed by atoms with Crippen LogP contribution in [0.25, 0.3) is 10.9 Å². The summed E-state index contributed by atoms with van der Waals surface area (Å²) in [4.78, 5) is 18.4. The van der Waals surface area contributed by atoms with E-state index >= 15 is 0 Å². The third kappa shape index (κ3) is 3.13. The van der Waals surface area contributed by atoms with Crippen LogP contribution in [-0.2, 0) is 9.53 Å². The molecule has 5 nitrogen and oxygen atoms in total. The van der Waals surface area contributed by atoms with Crippen LogP contribution in [0, 0.1) is 0 Å². The van der Waals surface area contributed by atoms with Gasteiger partial charge in [0.25, 0.3) is 5.91 Å². The van der Waals surface area contributed by atoms with E-state index in [4.69, 9.17) is 9.47 Å². The van der Waals surface area contributed by atoms with Crippen molar-refractivity contribution in [3.05, 3.63) is 36.5 Å². The molecule has 1 atom stereocenters. The summed E-state index contributed by atoms with van der Waals surface area (Å²) in [6.45, 7) is 4.21. The van der Waals surface area contributed by atoms with Crippen molar-refractivity contribution in [3.63, 3.8) is 0 Å². The second-order valence-corrected chi connectivity index (χ2v) is 5.06. The number of aromatic nitrogens is 1. The fraction of sp³-hybridized carbons (Fsp3) is 0.375. The van der Waals surface area contributed by atoms with Gasteiger partial charge in [0.05, 0.1) is 24.9 Å². The number of hydrogen-bond donors (Lipinski definition) is 0. The molecule has 1 aliphatic rings.